The minimum Gasteiger partial charge on any atom is -0.308 e. The molecule has 0 unspecified atom stereocenters. The molecule has 0 fully saturated rings. The zero-order valence-corrected chi connectivity index (χ0v) is 21.3. The van der Waals surface area contributed by atoms with Gasteiger partial charge in [0.05, 0.1) is 20.4 Å². The van der Waals surface area contributed by atoms with Gasteiger partial charge in [-0.3, -0.25) is 0 Å². The minimum atomic E-state index is -0.290. The number of fused-ring (bicyclic) bond motifs is 2. The van der Waals surface area contributed by atoms with Crippen LogP contribution in [-0.4, -0.2) is 16.0 Å². The number of rotatable bonds is 4. The zero-order valence-electron chi connectivity index (χ0n) is 19.7. The van der Waals surface area contributed by atoms with Crippen molar-refractivity contribution in [2.45, 2.75) is 13.8 Å². The van der Waals surface area contributed by atoms with Crippen LogP contribution in [0.1, 0.15) is 11.1 Å². The van der Waals surface area contributed by atoms with Crippen molar-refractivity contribution in [3.63, 3.8) is 0 Å². The van der Waals surface area contributed by atoms with Crippen LogP contribution < -0.4 is 10.6 Å². The van der Waals surface area contributed by atoms with Crippen LogP contribution in [0.25, 0.3) is 41.6 Å². The average Bonchev–Trinajstić information content (AvgIpc) is 3.48. The van der Waals surface area contributed by atoms with Gasteiger partial charge >= 0.3 is 6.03 Å². The Kier molecular flexibility index (Phi) is 5.71. The molecule has 4 aromatic carbocycles. The first-order chi connectivity index (χ1) is 17.5. The van der Waals surface area contributed by atoms with Crippen LogP contribution in [0.15, 0.2) is 84.9 Å². The molecule has 2 amide bonds. The summed E-state index contributed by atoms with van der Waals surface area (Å²) in [6.45, 7) is 4.17. The largest absolute Gasteiger partial charge is 0.323 e. The van der Waals surface area contributed by atoms with E-state index in [0.717, 1.165) is 43.6 Å². The Morgan fingerprint density at radius 3 is 1.44 bits per heavy atom. The van der Waals surface area contributed by atoms with Crippen molar-refractivity contribution >= 4 is 60.5 Å². The third-order valence-corrected chi connectivity index (χ3v) is 8.00. The molecule has 2 N–H and O–H groups in total. The Morgan fingerprint density at radius 2 is 1.03 bits per heavy atom. The van der Waals surface area contributed by atoms with E-state index in [4.69, 9.17) is 9.97 Å². The van der Waals surface area contributed by atoms with Gasteiger partial charge in [-0.15, -0.1) is 22.7 Å². The van der Waals surface area contributed by atoms with Gasteiger partial charge in [-0.05, 0) is 97.8 Å². The molecular weight excluding hydrogens is 484 g/mol. The standard InChI is InChI=1S/C29H22N4OS2/c1-17-3-13-23-25(15-17)35-27(32-23)19-5-9-21(10-6-19)30-29(34)31-22-11-7-20(8-12-22)28-33-24-14-4-18(2)16-26(24)36-28/h3-16H,1-2H3,(H2,30,31,34). The van der Waals surface area contributed by atoms with Crippen LogP contribution in [0, 0.1) is 13.8 Å². The maximum atomic E-state index is 12.5. The number of anilines is 2. The number of hydrogen-bond donors (Lipinski definition) is 2. The zero-order chi connectivity index (χ0) is 24.6. The van der Waals surface area contributed by atoms with E-state index in [1.54, 1.807) is 22.7 Å². The number of thiazole rings is 2. The number of carbonyl (C=O) groups excluding carboxylic acids is 1. The van der Waals surface area contributed by atoms with E-state index in [1.807, 2.05) is 48.5 Å². The number of benzene rings is 4. The quantitative estimate of drug-likeness (QED) is 0.252. The summed E-state index contributed by atoms with van der Waals surface area (Å²) in [6, 6.07) is 27.8. The van der Waals surface area contributed by atoms with Crippen LogP contribution >= 0.6 is 22.7 Å². The molecule has 5 nitrogen and oxygen atoms in total. The number of aryl methyl sites for hydroxylation is 2. The van der Waals surface area contributed by atoms with Crippen molar-refractivity contribution in [3.8, 4) is 21.1 Å². The monoisotopic (exact) mass is 506 g/mol. The summed E-state index contributed by atoms with van der Waals surface area (Å²) in [4.78, 5) is 22.0. The molecule has 6 rings (SSSR count). The van der Waals surface area contributed by atoms with Gasteiger partial charge < -0.3 is 10.6 Å². The average molecular weight is 507 g/mol. The van der Waals surface area contributed by atoms with Gasteiger partial charge in [-0.1, -0.05) is 12.1 Å². The Labute approximate surface area is 216 Å². The summed E-state index contributed by atoms with van der Waals surface area (Å²) >= 11 is 3.35. The van der Waals surface area contributed by atoms with Crippen LogP contribution in [0.2, 0.25) is 0 Å². The lowest BCUT2D eigenvalue weighted by Crippen LogP contribution is -2.19. The number of aromatic nitrogens is 2. The fourth-order valence-electron chi connectivity index (χ4n) is 4.00. The first-order valence-electron chi connectivity index (χ1n) is 11.5. The molecule has 6 aromatic rings. The Hall–Kier alpha value is -4.07. The van der Waals surface area contributed by atoms with E-state index in [-0.39, 0.29) is 6.03 Å². The van der Waals surface area contributed by atoms with Gasteiger partial charge in [-0.25, -0.2) is 14.8 Å². The molecule has 36 heavy (non-hydrogen) atoms. The lowest BCUT2D eigenvalue weighted by molar-refractivity contribution is 0.262. The number of nitrogens with zero attached hydrogens (tertiary/aromatic N) is 2. The molecule has 2 aromatic heterocycles. The minimum absolute atomic E-state index is 0.290. The summed E-state index contributed by atoms with van der Waals surface area (Å²) in [5.41, 5.74) is 7.96. The summed E-state index contributed by atoms with van der Waals surface area (Å²) in [5.74, 6) is 0. The van der Waals surface area contributed by atoms with Crippen molar-refractivity contribution < 1.29 is 4.79 Å². The maximum absolute atomic E-state index is 12.5. The topological polar surface area (TPSA) is 66.9 Å². The normalized spacial score (nSPS) is 11.2. The molecule has 0 atom stereocenters. The SMILES string of the molecule is Cc1ccc2nc(-c3ccc(NC(=O)Nc4ccc(-c5nc6ccc(C)cc6s5)cc4)cc3)sc2c1. The van der Waals surface area contributed by atoms with Crippen molar-refractivity contribution in [1.29, 1.82) is 0 Å². The summed E-state index contributed by atoms with van der Waals surface area (Å²) in [6.07, 6.45) is 0. The molecule has 0 radical (unpaired) electrons. The first-order valence-corrected chi connectivity index (χ1v) is 13.2. The Morgan fingerprint density at radius 1 is 0.611 bits per heavy atom. The van der Waals surface area contributed by atoms with Crippen LogP contribution in [0.3, 0.4) is 0 Å². The van der Waals surface area contributed by atoms with Gasteiger partial charge in [0, 0.05) is 22.5 Å². The van der Waals surface area contributed by atoms with Crippen LogP contribution in [0.4, 0.5) is 16.2 Å². The van der Waals surface area contributed by atoms with Crippen molar-refractivity contribution in [3.05, 3.63) is 96.1 Å². The number of urea groups is 1. The molecule has 176 valence electrons. The molecule has 0 aliphatic heterocycles. The van der Waals surface area contributed by atoms with Gasteiger partial charge in [0.2, 0.25) is 0 Å². The Balaban J connectivity index is 1.11. The van der Waals surface area contributed by atoms with Crippen LogP contribution in [0.5, 0.6) is 0 Å². The number of carbonyl (C=O) groups is 1. The molecule has 0 spiro atoms. The van der Waals surface area contributed by atoms with Gasteiger partial charge in [-0.2, -0.15) is 0 Å². The van der Waals surface area contributed by atoms with Crippen molar-refractivity contribution in [2.75, 3.05) is 10.6 Å². The smallest absolute Gasteiger partial charge is 0.308 e. The van der Waals surface area contributed by atoms with Gasteiger partial charge in [0.1, 0.15) is 10.0 Å². The number of amides is 2. The van der Waals surface area contributed by atoms with Crippen molar-refractivity contribution in [1.82, 2.24) is 9.97 Å². The van der Waals surface area contributed by atoms with Gasteiger partial charge in [0.15, 0.2) is 0 Å². The highest BCUT2D eigenvalue weighted by Gasteiger charge is 2.09. The lowest BCUT2D eigenvalue weighted by atomic mass is 10.2. The molecule has 0 bridgehead atoms. The second kappa shape index (κ2) is 9.18. The summed E-state index contributed by atoms with van der Waals surface area (Å²) < 4.78 is 2.35. The highest BCUT2D eigenvalue weighted by molar-refractivity contribution is 7.22. The highest BCUT2D eigenvalue weighted by Crippen LogP contribution is 2.32. The van der Waals surface area contributed by atoms with Gasteiger partial charge in [0.25, 0.3) is 0 Å². The molecular formula is C29H22N4OS2. The lowest BCUT2D eigenvalue weighted by Gasteiger charge is -2.08. The van der Waals surface area contributed by atoms with E-state index in [1.165, 1.54) is 20.5 Å². The van der Waals surface area contributed by atoms with E-state index >= 15 is 0 Å². The second-order valence-electron chi connectivity index (χ2n) is 8.71. The van der Waals surface area contributed by atoms with Crippen molar-refractivity contribution in [2.24, 2.45) is 0 Å². The Bertz CT molecular complexity index is 1590. The fourth-order valence-corrected chi connectivity index (χ4v) is 6.13. The van der Waals surface area contributed by atoms with E-state index in [0.29, 0.717) is 0 Å². The maximum Gasteiger partial charge on any atom is 0.323 e. The number of hydrogen-bond acceptors (Lipinski definition) is 5. The molecule has 0 saturated carbocycles. The molecule has 2 heterocycles. The summed E-state index contributed by atoms with van der Waals surface area (Å²) in [5, 5.41) is 7.73. The predicted octanol–water partition coefficient (Wildman–Crippen LogP) is 8.50. The first kappa shape index (κ1) is 22.4. The fraction of sp³-hybridized carbons (Fsp3) is 0.0690. The van der Waals surface area contributed by atoms with E-state index in [2.05, 4.69) is 60.9 Å². The third-order valence-electron chi connectivity index (χ3n) is 5.87. The third kappa shape index (κ3) is 4.58. The number of nitrogens with one attached hydrogen (secondary N) is 2. The predicted molar refractivity (Wildman–Crippen MR) is 152 cm³/mol. The molecule has 0 aliphatic carbocycles. The molecule has 7 heteroatoms. The second-order valence-corrected chi connectivity index (χ2v) is 10.8. The van der Waals surface area contributed by atoms with Crippen LogP contribution in [-0.2, 0) is 0 Å². The summed E-state index contributed by atoms with van der Waals surface area (Å²) in [7, 11) is 0. The van der Waals surface area contributed by atoms with E-state index < -0.39 is 0 Å². The van der Waals surface area contributed by atoms with E-state index in [9.17, 15) is 4.79 Å². The molecule has 0 aliphatic rings. The molecule has 0 saturated heterocycles. The highest BCUT2D eigenvalue weighted by atomic mass is 32.1.